The van der Waals surface area contributed by atoms with E-state index in [1.54, 1.807) is 20.8 Å². The summed E-state index contributed by atoms with van der Waals surface area (Å²) in [6, 6.07) is 0. The number of alkyl carbamates (subject to hydrolysis) is 1. The number of ketones is 1. The SMILES string of the molecule is CC(C)(C)OC(=O)NCCN1CC(=O)CC1=O. The molecule has 0 aliphatic carbocycles. The largest absolute Gasteiger partial charge is 0.444 e. The maximum Gasteiger partial charge on any atom is 0.407 e. The second kappa shape index (κ2) is 5.16. The molecule has 0 radical (unpaired) electrons. The van der Waals surface area contributed by atoms with E-state index < -0.39 is 11.7 Å². The second-order valence-electron chi connectivity index (χ2n) is 4.96. The Morgan fingerprint density at radius 2 is 2.06 bits per heavy atom. The molecular formula is C11H18N2O4. The fraction of sp³-hybridized carbons (Fsp3) is 0.727. The Morgan fingerprint density at radius 1 is 1.41 bits per heavy atom. The highest BCUT2D eigenvalue weighted by atomic mass is 16.6. The van der Waals surface area contributed by atoms with Crippen LogP contribution < -0.4 is 5.32 Å². The lowest BCUT2D eigenvalue weighted by atomic mass is 10.2. The van der Waals surface area contributed by atoms with Crippen LogP contribution in [0, 0.1) is 0 Å². The van der Waals surface area contributed by atoms with Gasteiger partial charge in [0.2, 0.25) is 5.91 Å². The van der Waals surface area contributed by atoms with Crippen LogP contribution in [0.3, 0.4) is 0 Å². The predicted molar refractivity (Wildman–Crippen MR) is 60.4 cm³/mol. The van der Waals surface area contributed by atoms with Crippen molar-refractivity contribution in [1.29, 1.82) is 0 Å². The quantitative estimate of drug-likeness (QED) is 0.723. The summed E-state index contributed by atoms with van der Waals surface area (Å²) in [5.41, 5.74) is -0.538. The molecule has 6 nitrogen and oxygen atoms in total. The number of hydrogen-bond acceptors (Lipinski definition) is 4. The summed E-state index contributed by atoms with van der Waals surface area (Å²) < 4.78 is 5.03. The number of ether oxygens (including phenoxy) is 1. The third-order valence-electron chi connectivity index (χ3n) is 2.12. The van der Waals surface area contributed by atoms with Crippen molar-refractivity contribution in [3.8, 4) is 0 Å². The van der Waals surface area contributed by atoms with E-state index in [0.717, 1.165) is 0 Å². The van der Waals surface area contributed by atoms with Gasteiger partial charge in [0, 0.05) is 13.1 Å². The molecule has 0 aromatic carbocycles. The van der Waals surface area contributed by atoms with Gasteiger partial charge in [-0.25, -0.2) is 4.79 Å². The molecule has 1 saturated heterocycles. The molecule has 1 N–H and O–H groups in total. The molecule has 0 spiro atoms. The van der Waals surface area contributed by atoms with Crippen LogP contribution in [-0.4, -0.2) is 47.9 Å². The topological polar surface area (TPSA) is 75.7 Å². The van der Waals surface area contributed by atoms with E-state index in [4.69, 9.17) is 4.74 Å². The fourth-order valence-electron chi connectivity index (χ4n) is 1.45. The van der Waals surface area contributed by atoms with Gasteiger partial charge in [0.15, 0.2) is 5.78 Å². The first-order valence-corrected chi connectivity index (χ1v) is 5.54. The van der Waals surface area contributed by atoms with Gasteiger partial charge in [0.05, 0.1) is 13.0 Å². The van der Waals surface area contributed by atoms with Crippen molar-refractivity contribution in [1.82, 2.24) is 10.2 Å². The minimum Gasteiger partial charge on any atom is -0.444 e. The first-order chi connectivity index (χ1) is 7.78. The van der Waals surface area contributed by atoms with Crippen molar-refractivity contribution in [3.05, 3.63) is 0 Å². The lowest BCUT2D eigenvalue weighted by Gasteiger charge is -2.20. The Balaban J connectivity index is 2.22. The molecule has 0 aromatic rings. The van der Waals surface area contributed by atoms with Crippen molar-refractivity contribution in [3.63, 3.8) is 0 Å². The first kappa shape index (κ1) is 13.5. The number of amides is 2. The van der Waals surface area contributed by atoms with Crippen LogP contribution in [0.25, 0.3) is 0 Å². The molecule has 0 bridgehead atoms. The number of Topliss-reactive ketones (excluding diaryl/α,β-unsaturated/α-hetero) is 1. The molecule has 1 aliphatic rings. The average Bonchev–Trinajstić information content (AvgIpc) is 2.42. The van der Waals surface area contributed by atoms with Crippen LogP contribution in [-0.2, 0) is 14.3 Å². The fourth-order valence-corrected chi connectivity index (χ4v) is 1.45. The number of hydrogen-bond donors (Lipinski definition) is 1. The molecule has 2 amide bonds. The molecule has 1 heterocycles. The molecule has 1 rings (SSSR count). The van der Waals surface area contributed by atoms with Gasteiger partial charge < -0.3 is 15.0 Å². The minimum atomic E-state index is -0.538. The zero-order valence-electron chi connectivity index (χ0n) is 10.4. The maximum absolute atomic E-state index is 11.3. The van der Waals surface area contributed by atoms with Crippen LogP contribution in [0.15, 0.2) is 0 Å². The molecule has 0 saturated carbocycles. The standard InChI is InChI=1S/C11H18N2O4/c1-11(2,3)17-10(16)12-4-5-13-7-8(14)6-9(13)15/h4-7H2,1-3H3,(H,12,16). The van der Waals surface area contributed by atoms with E-state index in [2.05, 4.69) is 5.32 Å². The minimum absolute atomic E-state index is 0.0214. The summed E-state index contributed by atoms with van der Waals surface area (Å²) in [7, 11) is 0. The van der Waals surface area contributed by atoms with E-state index in [-0.39, 0.29) is 31.2 Å². The molecular weight excluding hydrogens is 224 g/mol. The van der Waals surface area contributed by atoms with E-state index in [1.165, 1.54) is 4.90 Å². The van der Waals surface area contributed by atoms with Crippen LogP contribution in [0.2, 0.25) is 0 Å². The number of nitrogens with zero attached hydrogens (tertiary/aromatic N) is 1. The zero-order chi connectivity index (χ0) is 13.1. The molecule has 0 atom stereocenters. The summed E-state index contributed by atoms with van der Waals surface area (Å²) in [6.45, 7) is 6.09. The van der Waals surface area contributed by atoms with Gasteiger partial charge in [0.25, 0.3) is 0 Å². The highest BCUT2D eigenvalue weighted by Gasteiger charge is 2.26. The Bertz CT molecular complexity index is 333. The van der Waals surface area contributed by atoms with Gasteiger partial charge in [-0.2, -0.15) is 0 Å². The molecule has 96 valence electrons. The monoisotopic (exact) mass is 242 g/mol. The Hall–Kier alpha value is -1.59. The Labute approximate surface area is 100 Å². The third-order valence-corrected chi connectivity index (χ3v) is 2.12. The average molecular weight is 242 g/mol. The Kier molecular flexibility index (Phi) is 4.09. The van der Waals surface area contributed by atoms with Crippen molar-refractivity contribution >= 4 is 17.8 Å². The van der Waals surface area contributed by atoms with Gasteiger partial charge in [-0.3, -0.25) is 9.59 Å². The second-order valence-corrected chi connectivity index (χ2v) is 4.96. The van der Waals surface area contributed by atoms with Crippen molar-refractivity contribution < 1.29 is 19.1 Å². The maximum atomic E-state index is 11.3. The summed E-state index contributed by atoms with van der Waals surface area (Å²) in [6.07, 6.45) is -0.539. The van der Waals surface area contributed by atoms with Gasteiger partial charge in [-0.1, -0.05) is 0 Å². The Morgan fingerprint density at radius 3 is 2.53 bits per heavy atom. The van der Waals surface area contributed by atoms with E-state index >= 15 is 0 Å². The predicted octanol–water partition coefficient (Wildman–Crippen LogP) is 0.312. The van der Waals surface area contributed by atoms with Crippen molar-refractivity contribution in [2.45, 2.75) is 32.8 Å². The zero-order valence-corrected chi connectivity index (χ0v) is 10.4. The van der Waals surface area contributed by atoms with E-state index in [9.17, 15) is 14.4 Å². The summed E-state index contributed by atoms with van der Waals surface area (Å²) in [5.74, 6) is -0.256. The smallest absolute Gasteiger partial charge is 0.407 e. The van der Waals surface area contributed by atoms with Gasteiger partial charge >= 0.3 is 6.09 Å². The molecule has 0 aromatic heterocycles. The lowest BCUT2D eigenvalue weighted by molar-refractivity contribution is -0.127. The van der Waals surface area contributed by atoms with Gasteiger partial charge in [0.1, 0.15) is 5.60 Å². The third kappa shape index (κ3) is 4.84. The van der Waals surface area contributed by atoms with Crippen molar-refractivity contribution in [2.75, 3.05) is 19.6 Å². The molecule has 6 heteroatoms. The number of carbonyl (C=O) groups excluding carboxylic acids is 3. The highest BCUT2D eigenvalue weighted by Crippen LogP contribution is 2.07. The van der Waals surface area contributed by atoms with Crippen LogP contribution in [0.4, 0.5) is 4.79 Å². The van der Waals surface area contributed by atoms with Gasteiger partial charge in [-0.15, -0.1) is 0 Å². The summed E-state index contributed by atoms with van der Waals surface area (Å²) >= 11 is 0. The van der Waals surface area contributed by atoms with Crippen molar-refractivity contribution in [2.24, 2.45) is 0 Å². The summed E-state index contributed by atoms with van der Waals surface area (Å²) in [5, 5.41) is 2.54. The van der Waals surface area contributed by atoms with Crippen LogP contribution >= 0.6 is 0 Å². The highest BCUT2D eigenvalue weighted by molar-refractivity contribution is 6.05. The summed E-state index contributed by atoms with van der Waals surface area (Å²) in [4.78, 5) is 34.9. The molecule has 0 unspecified atom stereocenters. The number of carbonyl (C=O) groups is 3. The lowest BCUT2D eigenvalue weighted by Crippen LogP contribution is -2.38. The van der Waals surface area contributed by atoms with E-state index in [0.29, 0.717) is 6.54 Å². The number of likely N-dealkylation sites (tertiary alicyclic amines) is 1. The normalized spacial score (nSPS) is 16.3. The molecule has 17 heavy (non-hydrogen) atoms. The number of nitrogens with one attached hydrogen (secondary N) is 1. The van der Waals surface area contributed by atoms with E-state index in [1.807, 2.05) is 0 Å². The number of rotatable bonds is 3. The first-order valence-electron chi connectivity index (χ1n) is 5.54. The molecule has 1 aliphatic heterocycles. The van der Waals surface area contributed by atoms with Crippen LogP contribution in [0.5, 0.6) is 0 Å². The van der Waals surface area contributed by atoms with Gasteiger partial charge in [-0.05, 0) is 20.8 Å². The van der Waals surface area contributed by atoms with Crippen LogP contribution in [0.1, 0.15) is 27.2 Å². The molecule has 1 fully saturated rings.